The minimum Gasteiger partial charge on any atom is -0.334 e. The number of anilines is 8. The van der Waals surface area contributed by atoms with Crippen LogP contribution >= 0.6 is 0 Å². The van der Waals surface area contributed by atoms with Crippen LogP contribution in [0.15, 0.2) is 121 Å². The molecule has 3 nitrogen and oxygen atoms in total. The van der Waals surface area contributed by atoms with E-state index in [0.29, 0.717) is 0 Å². The van der Waals surface area contributed by atoms with Crippen LogP contribution in [-0.4, -0.2) is 12.3 Å². The van der Waals surface area contributed by atoms with E-state index in [-0.39, 0.29) is 66.4 Å². The minimum atomic E-state index is -0.285. The summed E-state index contributed by atoms with van der Waals surface area (Å²) in [5, 5.41) is 0. The molecule has 15 rings (SSSR count). The molecule has 2 unspecified atom stereocenters. The van der Waals surface area contributed by atoms with Crippen LogP contribution in [0.1, 0.15) is 277 Å². The lowest BCUT2D eigenvalue weighted by Gasteiger charge is -2.53. The average molecular weight is 1180 g/mol. The molecule has 3 heterocycles. The van der Waals surface area contributed by atoms with E-state index in [4.69, 9.17) is 0 Å². The number of hydrogen-bond acceptors (Lipinski definition) is 3. The molecule has 0 spiro atoms. The Morgan fingerprint density at radius 2 is 0.719 bits per heavy atom. The van der Waals surface area contributed by atoms with E-state index in [2.05, 4.69) is 275 Å². The number of rotatable bonds is 4. The molecule has 5 aliphatic carbocycles. The van der Waals surface area contributed by atoms with Gasteiger partial charge in [-0.2, -0.15) is 0 Å². The van der Waals surface area contributed by atoms with Crippen molar-refractivity contribution in [1.29, 1.82) is 0 Å². The third-order valence-electron chi connectivity index (χ3n) is 26.2. The van der Waals surface area contributed by atoms with Crippen molar-refractivity contribution < 1.29 is 0 Å². The van der Waals surface area contributed by atoms with E-state index in [1.54, 1.807) is 0 Å². The zero-order valence-electron chi connectivity index (χ0n) is 58.5. The first-order chi connectivity index (χ1) is 41.5. The molecular formula is C85H104BN3. The van der Waals surface area contributed by atoms with Gasteiger partial charge < -0.3 is 14.7 Å². The highest BCUT2D eigenvalue weighted by Crippen LogP contribution is 2.66. The molecule has 0 aromatic heterocycles. The minimum absolute atomic E-state index is 0.00691. The largest absolute Gasteiger partial charge is 0.334 e. The fourth-order valence-electron chi connectivity index (χ4n) is 19.8. The fraction of sp³-hybridized carbons (Fsp3) is 0.506. The van der Waals surface area contributed by atoms with E-state index >= 15 is 0 Å². The van der Waals surface area contributed by atoms with Crippen molar-refractivity contribution in [2.24, 2.45) is 0 Å². The maximum Gasteiger partial charge on any atom is 0.252 e. The Morgan fingerprint density at radius 3 is 1.15 bits per heavy atom. The van der Waals surface area contributed by atoms with Gasteiger partial charge in [0.05, 0.1) is 5.54 Å². The van der Waals surface area contributed by atoms with Crippen molar-refractivity contribution in [1.82, 2.24) is 0 Å². The second kappa shape index (κ2) is 18.6. The van der Waals surface area contributed by atoms with Gasteiger partial charge >= 0.3 is 0 Å². The smallest absolute Gasteiger partial charge is 0.252 e. The van der Waals surface area contributed by atoms with Gasteiger partial charge in [-0.3, -0.25) is 0 Å². The van der Waals surface area contributed by atoms with Gasteiger partial charge in [0.25, 0.3) is 6.71 Å². The molecule has 0 radical (unpaired) electrons. The lowest BCUT2D eigenvalue weighted by atomic mass is 9.32. The Balaban J connectivity index is 1.12. The third-order valence-corrected chi connectivity index (χ3v) is 26.2. The van der Waals surface area contributed by atoms with Crippen LogP contribution in [0.4, 0.5) is 45.5 Å². The van der Waals surface area contributed by atoms with Gasteiger partial charge in [0.15, 0.2) is 0 Å². The third kappa shape index (κ3) is 8.33. The Hall–Kier alpha value is -6.00. The predicted molar refractivity (Wildman–Crippen MR) is 383 cm³/mol. The topological polar surface area (TPSA) is 9.72 Å². The molecule has 1 saturated carbocycles. The summed E-state index contributed by atoms with van der Waals surface area (Å²) in [5.41, 5.74) is 31.2. The molecule has 0 amide bonds. The van der Waals surface area contributed by atoms with Gasteiger partial charge in [-0.25, -0.2) is 0 Å². The number of nitrogens with zero attached hydrogens (tertiary/aromatic N) is 3. The van der Waals surface area contributed by atoms with Crippen LogP contribution in [0.5, 0.6) is 0 Å². The van der Waals surface area contributed by atoms with Crippen LogP contribution in [-0.2, 0) is 54.1 Å². The highest BCUT2D eigenvalue weighted by molar-refractivity contribution is 7.00. The lowest BCUT2D eigenvalue weighted by molar-refractivity contribution is 0.215. The van der Waals surface area contributed by atoms with Gasteiger partial charge in [-0.15, -0.1) is 0 Å². The summed E-state index contributed by atoms with van der Waals surface area (Å²) in [4.78, 5) is 8.61. The van der Waals surface area contributed by atoms with Crippen LogP contribution < -0.4 is 31.1 Å². The second-order valence-corrected chi connectivity index (χ2v) is 36.5. The summed E-state index contributed by atoms with van der Waals surface area (Å²) in [6.07, 6.45) is 14.0. The van der Waals surface area contributed by atoms with E-state index in [1.807, 2.05) is 0 Å². The maximum absolute atomic E-state index is 2.93. The highest BCUT2D eigenvalue weighted by Gasteiger charge is 2.62. The Kier molecular flexibility index (Phi) is 12.4. The summed E-state index contributed by atoms with van der Waals surface area (Å²) in [6.45, 7) is 50.3. The number of hydrogen-bond donors (Lipinski definition) is 0. The van der Waals surface area contributed by atoms with E-state index < -0.39 is 0 Å². The lowest BCUT2D eigenvalue weighted by Crippen LogP contribution is -2.62. The molecule has 4 heteroatoms. The molecule has 3 aliphatic heterocycles. The van der Waals surface area contributed by atoms with Crippen molar-refractivity contribution in [3.63, 3.8) is 0 Å². The number of fused-ring (bicyclic) bond motifs is 11. The molecule has 7 aromatic carbocycles. The predicted octanol–water partition coefficient (Wildman–Crippen LogP) is 21.2. The van der Waals surface area contributed by atoms with Crippen molar-refractivity contribution in [3.8, 4) is 0 Å². The van der Waals surface area contributed by atoms with Crippen molar-refractivity contribution in [2.45, 2.75) is 275 Å². The average Bonchev–Trinajstić information content (AvgIpc) is 1.67. The monoisotopic (exact) mass is 1180 g/mol. The highest BCUT2D eigenvalue weighted by atomic mass is 15.3. The molecule has 0 bridgehead atoms. The molecule has 7 aromatic rings. The summed E-state index contributed by atoms with van der Waals surface area (Å²) in [7, 11) is 0. The Bertz CT molecular complexity index is 3940. The molecular weight excluding hydrogens is 1070 g/mol. The van der Waals surface area contributed by atoms with Gasteiger partial charge in [0.2, 0.25) is 0 Å². The Morgan fingerprint density at radius 1 is 0.326 bits per heavy atom. The fourth-order valence-corrected chi connectivity index (χ4v) is 19.8. The van der Waals surface area contributed by atoms with E-state index in [0.717, 1.165) is 12.8 Å². The first-order valence-electron chi connectivity index (χ1n) is 35.0. The van der Waals surface area contributed by atoms with E-state index in [1.165, 1.54) is 187 Å². The van der Waals surface area contributed by atoms with Crippen LogP contribution in [0.3, 0.4) is 0 Å². The maximum atomic E-state index is 2.93. The van der Waals surface area contributed by atoms with Crippen molar-refractivity contribution >= 4 is 68.6 Å². The standard InChI is InChI=1S/C85H104BN3/c1-75(2,3)54-28-33-69-66(44-54)85(53-26-22-21-23-27-53)35-25-24-34-84(85,20)89(69)57-47-72-74-73(48-57)88(56-30-32-59-61(46-56)79(10,11)39-37-77(59,6)7)71-52-65-63(81(14,15)41-43-83(65,18)19)50-68(71)86(74)67-49-62-64(82(16,17)42-40-80(62,12)13)51-70(67)87(72)55-29-31-58-60(45-55)78(8,9)38-36-76(58,4)5/h21-23,26-33,44-52H,24-25,34-43H2,1-20H3. The van der Waals surface area contributed by atoms with Crippen molar-refractivity contribution in [2.75, 3.05) is 14.7 Å². The molecule has 2 atom stereocenters. The molecule has 1 fully saturated rings. The van der Waals surface area contributed by atoms with Gasteiger partial charge in [0.1, 0.15) is 0 Å². The zero-order valence-corrected chi connectivity index (χ0v) is 58.5. The molecule has 462 valence electrons. The summed E-state index contributed by atoms with van der Waals surface area (Å²) < 4.78 is 0. The normalized spacial score (nSPS) is 25.3. The summed E-state index contributed by atoms with van der Waals surface area (Å²) in [5.74, 6) is 0. The van der Waals surface area contributed by atoms with Gasteiger partial charge in [-0.1, -0.05) is 211 Å². The van der Waals surface area contributed by atoms with Crippen LogP contribution in [0, 0.1) is 0 Å². The summed E-state index contributed by atoms with van der Waals surface area (Å²) in [6, 6.07) is 51.7. The molecule has 0 saturated heterocycles. The first-order valence-corrected chi connectivity index (χ1v) is 35.0. The van der Waals surface area contributed by atoms with Gasteiger partial charge in [0, 0.05) is 50.9 Å². The van der Waals surface area contributed by atoms with E-state index in [9.17, 15) is 0 Å². The molecule has 0 N–H and O–H groups in total. The second-order valence-electron chi connectivity index (χ2n) is 36.5. The first kappa shape index (κ1) is 59.3. The van der Waals surface area contributed by atoms with Gasteiger partial charge in [-0.05, 0) is 252 Å². The van der Waals surface area contributed by atoms with Crippen LogP contribution in [0.2, 0.25) is 0 Å². The summed E-state index contributed by atoms with van der Waals surface area (Å²) >= 11 is 0. The quantitative estimate of drug-likeness (QED) is 0.163. The molecule has 89 heavy (non-hydrogen) atoms. The molecule has 8 aliphatic rings. The zero-order chi connectivity index (χ0) is 63.1. The number of benzene rings is 7. The van der Waals surface area contributed by atoms with Crippen LogP contribution in [0.25, 0.3) is 0 Å². The van der Waals surface area contributed by atoms with Crippen molar-refractivity contribution in [3.05, 3.63) is 183 Å². The SMILES string of the molecule is CC(C)(C)c1ccc2c(c1)C1(c3ccccc3)CCCCC1(C)N2c1cc2c3c(c1)N(c1ccc4c(c1)C(C)(C)CCC4(C)C)c1cc4c(cc1B3c1cc3c(cc1N2c1ccc2c(c1)C(C)(C)CCC2(C)C)C(C)(C)CCC3(C)C)C(C)(C)CCC4(C)C. The Labute approximate surface area is 538 Å².